The van der Waals surface area contributed by atoms with E-state index in [1.807, 2.05) is 19.9 Å². The maximum absolute atomic E-state index is 9.70. The summed E-state index contributed by atoms with van der Waals surface area (Å²) in [5.74, 6) is 1.18. The van der Waals surface area contributed by atoms with Crippen LogP contribution in [0.5, 0.6) is 5.75 Å². The molecular formula is C11H12N2O2. The van der Waals surface area contributed by atoms with E-state index in [9.17, 15) is 5.11 Å². The highest BCUT2D eigenvalue weighted by molar-refractivity contribution is 5.62. The number of phenolic OH excluding ortho intramolecular Hbond substituents is 1. The topological polar surface area (TPSA) is 59.2 Å². The number of nitrogens with zero attached hydrogens (tertiary/aromatic N) is 2. The molecule has 78 valence electrons. The van der Waals surface area contributed by atoms with Gasteiger partial charge in [0.2, 0.25) is 0 Å². The fourth-order valence-corrected chi connectivity index (χ4v) is 1.33. The van der Waals surface area contributed by atoms with E-state index in [1.165, 1.54) is 0 Å². The Hall–Kier alpha value is -1.84. The van der Waals surface area contributed by atoms with Crippen molar-refractivity contribution in [2.24, 2.45) is 0 Å². The molecule has 0 atom stereocenters. The van der Waals surface area contributed by atoms with E-state index >= 15 is 0 Å². The third-order valence-electron chi connectivity index (χ3n) is 2.17. The van der Waals surface area contributed by atoms with E-state index in [4.69, 9.17) is 4.52 Å². The van der Waals surface area contributed by atoms with Crippen LogP contribution in [0.25, 0.3) is 11.5 Å². The highest BCUT2D eigenvalue weighted by Gasteiger charge is 2.11. The molecule has 1 heterocycles. The summed E-state index contributed by atoms with van der Waals surface area (Å²) in [6.45, 7) is 3.86. The van der Waals surface area contributed by atoms with Crippen molar-refractivity contribution >= 4 is 0 Å². The molecule has 2 aromatic rings. The average molecular weight is 204 g/mol. The van der Waals surface area contributed by atoms with Crippen molar-refractivity contribution in [2.45, 2.75) is 20.3 Å². The normalized spacial score (nSPS) is 10.5. The number of rotatable bonds is 2. The molecule has 0 fully saturated rings. The van der Waals surface area contributed by atoms with Gasteiger partial charge in [0.15, 0.2) is 5.82 Å². The first-order valence-electron chi connectivity index (χ1n) is 4.83. The molecule has 0 radical (unpaired) electrons. The van der Waals surface area contributed by atoms with E-state index in [0.29, 0.717) is 17.3 Å². The molecule has 1 N–H and O–H groups in total. The SMILES string of the molecule is CCc1noc(-c2ccc(C)cc2O)n1. The maximum atomic E-state index is 9.70. The lowest BCUT2D eigenvalue weighted by Crippen LogP contribution is -1.83. The quantitative estimate of drug-likeness (QED) is 0.815. The first kappa shape index (κ1) is 9.71. The minimum absolute atomic E-state index is 0.168. The van der Waals surface area contributed by atoms with Crippen molar-refractivity contribution in [2.75, 3.05) is 0 Å². The third-order valence-corrected chi connectivity index (χ3v) is 2.17. The van der Waals surface area contributed by atoms with Crippen molar-refractivity contribution in [1.29, 1.82) is 0 Å². The van der Waals surface area contributed by atoms with Gasteiger partial charge in [0.25, 0.3) is 5.89 Å². The zero-order valence-corrected chi connectivity index (χ0v) is 8.69. The van der Waals surface area contributed by atoms with Crippen LogP contribution in [0.15, 0.2) is 22.7 Å². The van der Waals surface area contributed by atoms with Crippen LogP contribution in [0.2, 0.25) is 0 Å². The molecule has 0 aliphatic carbocycles. The second kappa shape index (κ2) is 3.73. The third kappa shape index (κ3) is 1.83. The zero-order valence-electron chi connectivity index (χ0n) is 8.69. The van der Waals surface area contributed by atoms with E-state index in [2.05, 4.69) is 10.1 Å². The molecule has 0 spiro atoms. The standard InChI is InChI=1S/C11H12N2O2/c1-3-10-12-11(15-13-10)8-5-4-7(2)6-9(8)14/h4-6,14H,3H2,1-2H3. The van der Waals surface area contributed by atoms with Crippen LogP contribution < -0.4 is 0 Å². The molecule has 1 aromatic carbocycles. The van der Waals surface area contributed by atoms with Crippen molar-refractivity contribution in [3.8, 4) is 17.2 Å². The van der Waals surface area contributed by atoms with Gasteiger partial charge in [0.05, 0.1) is 5.56 Å². The Labute approximate surface area is 87.6 Å². The lowest BCUT2D eigenvalue weighted by molar-refractivity contribution is 0.418. The molecule has 0 amide bonds. The Morgan fingerprint density at radius 3 is 2.80 bits per heavy atom. The van der Waals surface area contributed by atoms with Crippen LogP contribution in [0.4, 0.5) is 0 Å². The van der Waals surface area contributed by atoms with E-state index in [-0.39, 0.29) is 5.75 Å². The predicted octanol–water partition coefficient (Wildman–Crippen LogP) is 2.31. The lowest BCUT2D eigenvalue weighted by atomic mass is 10.1. The molecule has 2 rings (SSSR count). The van der Waals surface area contributed by atoms with Gasteiger partial charge >= 0.3 is 0 Å². The summed E-state index contributed by atoms with van der Waals surface area (Å²) in [7, 11) is 0. The molecule has 0 unspecified atom stereocenters. The maximum Gasteiger partial charge on any atom is 0.261 e. The number of hydrogen-bond donors (Lipinski definition) is 1. The molecule has 4 nitrogen and oxygen atoms in total. The lowest BCUT2D eigenvalue weighted by Gasteiger charge is -1.99. The second-order valence-electron chi connectivity index (χ2n) is 3.39. The van der Waals surface area contributed by atoms with Crippen LogP contribution >= 0.6 is 0 Å². The number of aromatic hydroxyl groups is 1. The minimum atomic E-state index is 0.168. The zero-order chi connectivity index (χ0) is 10.8. The predicted molar refractivity (Wildman–Crippen MR) is 55.5 cm³/mol. The molecule has 0 bridgehead atoms. The molecule has 1 aromatic heterocycles. The summed E-state index contributed by atoms with van der Waals surface area (Å²) >= 11 is 0. The van der Waals surface area contributed by atoms with Crippen LogP contribution in [-0.4, -0.2) is 15.2 Å². The van der Waals surface area contributed by atoms with E-state index in [0.717, 1.165) is 12.0 Å². The summed E-state index contributed by atoms with van der Waals surface area (Å²) in [6, 6.07) is 5.34. The molecule has 15 heavy (non-hydrogen) atoms. The van der Waals surface area contributed by atoms with Crippen LogP contribution in [0, 0.1) is 6.92 Å². The largest absolute Gasteiger partial charge is 0.507 e. The van der Waals surface area contributed by atoms with E-state index in [1.54, 1.807) is 12.1 Å². The first-order valence-corrected chi connectivity index (χ1v) is 4.83. The van der Waals surface area contributed by atoms with Crippen LogP contribution in [-0.2, 0) is 6.42 Å². The van der Waals surface area contributed by atoms with Gasteiger partial charge in [-0.05, 0) is 24.6 Å². The van der Waals surface area contributed by atoms with Gasteiger partial charge in [-0.2, -0.15) is 4.98 Å². The monoisotopic (exact) mass is 204 g/mol. The number of benzene rings is 1. The Kier molecular flexibility index (Phi) is 2.41. The average Bonchev–Trinajstić information content (AvgIpc) is 2.66. The number of aromatic nitrogens is 2. The van der Waals surface area contributed by atoms with Gasteiger partial charge in [-0.3, -0.25) is 0 Å². The van der Waals surface area contributed by atoms with Crippen molar-refractivity contribution in [1.82, 2.24) is 10.1 Å². The summed E-state index contributed by atoms with van der Waals surface area (Å²) in [5.41, 5.74) is 1.57. The van der Waals surface area contributed by atoms with Crippen LogP contribution in [0.3, 0.4) is 0 Å². The molecular weight excluding hydrogens is 192 g/mol. The Bertz CT molecular complexity index is 477. The summed E-state index contributed by atoms with van der Waals surface area (Å²) in [6.07, 6.45) is 0.718. The van der Waals surface area contributed by atoms with E-state index < -0.39 is 0 Å². The van der Waals surface area contributed by atoms with Crippen molar-refractivity contribution < 1.29 is 9.63 Å². The summed E-state index contributed by atoms with van der Waals surface area (Å²) < 4.78 is 5.04. The van der Waals surface area contributed by atoms with Crippen molar-refractivity contribution in [3.63, 3.8) is 0 Å². The summed E-state index contributed by atoms with van der Waals surface area (Å²) in [4.78, 5) is 4.15. The Morgan fingerprint density at radius 2 is 2.20 bits per heavy atom. The molecule has 0 saturated carbocycles. The summed E-state index contributed by atoms with van der Waals surface area (Å²) in [5, 5.41) is 13.5. The van der Waals surface area contributed by atoms with Gasteiger partial charge in [0.1, 0.15) is 5.75 Å². The Balaban J connectivity index is 2.44. The number of aryl methyl sites for hydroxylation is 2. The fourth-order valence-electron chi connectivity index (χ4n) is 1.33. The van der Waals surface area contributed by atoms with Gasteiger partial charge in [-0.25, -0.2) is 0 Å². The minimum Gasteiger partial charge on any atom is -0.507 e. The molecule has 0 aliphatic rings. The van der Waals surface area contributed by atoms with Gasteiger partial charge in [0, 0.05) is 6.42 Å². The fraction of sp³-hybridized carbons (Fsp3) is 0.273. The number of phenols is 1. The number of hydrogen-bond acceptors (Lipinski definition) is 4. The van der Waals surface area contributed by atoms with Gasteiger partial charge in [-0.1, -0.05) is 18.1 Å². The molecule has 0 saturated heterocycles. The highest BCUT2D eigenvalue weighted by Crippen LogP contribution is 2.28. The molecule has 4 heteroatoms. The second-order valence-corrected chi connectivity index (χ2v) is 3.39. The van der Waals surface area contributed by atoms with Gasteiger partial charge in [-0.15, -0.1) is 0 Å². The van der Waals surface area contributed by atoms with Gasteiger partial charge < -0.3 is 9.63 Å². The highest BCUT2D eigenvalue weighted by atomic mass is 16.5. The Morgan fingerprint density at radius 1 is 1.40 bits per heavy atom. The van der Waals surface area contributed by atoms with Crippen LogP contribution in [0.1, 0.15) is 18.3 Å². The van der Waals surface area contributed by atoms with Crippen molar-refractivity contribution in [3.05, 3.63) is 29.6 Å². The molecule has 0 aliphatic heterocycles. The first-order chi connectivity index (χ1) is 7.20. The smallest absolute Gasteiger partial charge is 0.261 e.